The van der Waals surface area contributed by atoms with Gasteiger partial charge in [-0.2, -0.15) is 0 Å². The van der Waals surface area contributed by atoms with Crippen LogP contribution in [0.3, 0.4) is 0 Å². The van der Waals surface area contributed by atoms with E-state index in [1.807, 2.05) is 20.8 Å². The number of nitrogens with zero attached hydrogens (tertiary/aromatic N) is 3. The molecular weight excluding hydrogens is 388 g/mol. The van der Waals surface area contributed by atoms with E-state index in [9.17, 15) is 9.59 Å². The summed E-state index contributed by atoms with van der Waals surface area (Å²) in [5.74, 6) is 0.0904. The monoisotopic (exact) mass is 408 g/mol. The molecule has 0 aromatic carbocycles. The molecule has 0 aliphatic carbocycles. The molecule has 1 fully saturated rings. The van der Waals surface area contributed by atoms with Crippen molar-refractivity contribution in [3.8, 4) is 0 Å². The molecule has 0 saturated carbocycles. The van der Waals surface area contributed by atoms with Crippen molar-refractivity contribution in [2.45, 2.75) is 45.1 Å². The van der Waals surface area contributed by atoms with E-state index in [4.69, 9.17) is 4.74 Å². The third kappa shape index (κ3) is 4.18. The van der Waals surface area contributed by atoms with Gasteiger partial charge in [-0.15, -0.1) is 0 Å². The molecule has 0 bridgehead atoms. The molecule has 0 radical (unpaired) electrons. The number of likely N-dealkylation sites (tertiary alicyclic amines) is 1. The first kappa shape index (κ1) is 17.8. The Balaban J connectivity index is 1.75. The summed E-state index contributed by atoms with van der Waals surface area (Å²) in [5, 5.41) is 0. The van der Waals surface area contributed by atoms with E-state index in [-0.39, 0.29) is 17.6 Å². The van der Waals surface area contributed by atoms with Crippen LogP contribution in [0.4, 0.5) is 4.79 Å². The highest BCUT2D eigenvalue weighted by Crippen LogP contribution is 2.27. The number of piperidine rings is 1. The van der Waals surface area contributed by atoms with Gasteiger partial charge in [0.15, 0.2) is 5.65 Å². The summed E-state index contributed by atoms with van der Waals surface area (Å²) < 4.78 is 6.03. The van der Waals surface area contributed by atoms with Crippen LogP contribution < -0.4 is 5.56 Å². The molecule has 0 atom stereocenters. The number of hydrogen-bond acceptors (Lipinski definition) is 5. The number of rotatable bonds is 1. The number of fused-ring (bicyclic) bond motifs is 1. The molecule has 7 nitrogen and oxygen atoms in total. The maximum absolute atomic E-state index is 12.4. The van der Waals surface area contributed by atoms with E-state index in [0.717, 1.165) is 12.8 Å². The second-order valence-electron chi connectivity index (χ2n) is 7.22. The Kier molecular flexibility index (Phi) is 4.81. The molecule has 2 aromatic rings. The van der Waals surface area contributed by atoms with Crippen LogP contribution in [0.25, 0.3) is 11.2 Å². The minimum atomic E-state index is -0.504. The highest BCUT2D eigenvalue weighted by Gasteiger charge is 2.28. The van der Waals surface area contributed by atoms with Gasteiger partial charge in [0.05, 0.1) is 6.20 Å². The predicted octanol–water partition coefficient (Wildman–Crippen LogP) is 3.20. The van der Waals surface area contributed by atoms with E-state index in [1.54, 1.807) is 17.2 Å². The van der Waals surface area contributed by atoms with Gasteiger partial charge < -0.3 is 14.6 Å². The minimum Gasteiger partial charge on any atom is -0.444 e. The average molecular weight is 409 g/mol. The number of carbonyl (C=O) groups is 1. The second kappa shape index (κ2) is 6.74. The minimum absolute atomic E-state index is 0.0904. The van der Waals surface area contributed by atoms with Gasteiger partial charge in [0.1, 0.15) is 15.7 Å². The zero-order valence-electron chi connectivity index (χ0n) is 14.5. The number of pyridine rings is 1. The van der Waals surface area contributed by atoms with Crippen LogP contribution in [-0.4, -0.2) is 44.6 Å². The lowest BCUT2D eigenvalue weighted by molar-refractivity contribution is 0.0204. The number of hydrogen-bond donors (Lipinski definition) is 1. The quantitative estimate of drug-likeness (QED) is 0.782. The Hall–Kier alpha value is -1.96. The fraction of sp³-hybridized carbons (Fsp3) is 0.529. The maximum Gasteiger partial charge on any atom is 0.410 e. The number of ether oxygens (including phenoxy) is 1. The van der Waals surface area contributed by atoms with Gasteiger partial charge in [-0.25, -0.2) is 14.8 Å². The van der Waals surface area contributed by atoms with Crippen molar-refractivity contribution < 1.29 is 9.53 Å². The molecule has 1 aliphatic rings. The molecule has 8 heteroatoms. The summed E-state index contributed by atoms with van der Waals surface area (Å²) in [7, 11) is 0. The first-order chi connectivity index (χ1) is 11.7. The molecule has 0 spiro atoms. The number of nitrogens with one attached hydrogen (secondary N) is 1. The summed E-state index contributed by atoms with van der Waals surface area (Å²) in [6, 6.07) is 1.81. The maximum atomic E-state index is 12.4. The fourth-order valence-corrected chi connectivity index (χ4v) is 3.27. The summed E-state index contributed by atoms with van der Waals surface area (Å²) in [6.07, 6.45) is 2.69. The van der Waals surface area contributed by atoms with Gasteiger partial charge in [-0.3, -0.25) is 4.79 Å². The summed E-state index contributed by atoms with van der Waals surface area (Å²) in [5.41, 5.74) is 1.18. The summed E-state index contributed by atoms with van der Waals surface area (Å²) in [6.45, 7) is 6.70. The topological polar surface area (TPSA) is 88.2 Å². The van der Waals surface area contributed by atoms with Crippen molar-refractivity contribution in [3.05, 3.63) is 32.8 Å². The van der Waals surface area contributed by atoms with E-state index in [0.29, 0.717) is 34.4 Å². The number of aromatic nitrogens is 3. The van der Waals surface area contributed by atoms with Gasteiger partial charge in [-0.1, -0.05) is 0 Å². The average Bonchev–Trinajstić information content (AvgIpc) is 2.53. The normalized spacial score (nSPS) is 16.2. The number of halogens is 1. The summed E-state index contributed by atoms with van der Waals surface area (Å²) in [4.78, 5) is 37.5. The number of H-pyrrole nitrogens is 1. The lowest BCUT2D eigenvalue weighted by Gasteiger charge is -2.33. The molecule has 1 aliphatic heterocycles. The Morgan fingerprint density at radius 1 is 1.36 bits per heavy atom. The molecule has 1 N–H and O–H groups in total. The van der Waals surface area contributed by atoms with Gasteiger partial charge in [0.25, 0.3) is 5.56 Å². The highest BCUT2D eigenvalue weighted by molar-refractivity contribution is 9.10. The van der Waals surface area contributed by atoms with E-state index in [1.165, 1.54) is 0 Å². The Morgan fingerprint density at radius 2 is 2.04 bits per heavy atom. The van der Waals surface area contributed by atoms with E-state index < -0.39 is 5.60 Å². The van der Waals surface area contributed by atoms with Crippen LogP contribution in [0.1, 0.15) is 45.1 Å². The first-order valence-electron chi connectivity index (χ1n) is 8.26. The molecule has 25 heavy (non-hydrogen) atoms. The van der Waals surface area contributed by atoms with Crippen molar-refractivity contribution in [2.75, 3.05) is 13.1 Å². The lowest BCUT2D eigenvalue weighted by atomic mass is 9.90. The van der Waals surface area contributed by atoms with Gasteiger partial charge in [-0.05, 0) is 61.5 Å². The van der Waals surface area contributed by atoms with Crippen molar-refractivity contribution in [1.82, 2.24) is 19.9 Å². The van der Waals surface area contributed by atoms with Crippen molar-refractivity contribution >= 4 is 33.2 Å². The molecule has 2 aromatic heterocycles. The van der Waals surface area contributed by atoms with Crippen molar-refractivity contribution in [1.29, 1.82) is 0 Å². The predicted molar refractivity (Wildman–Crippen MR) is 97.6 cm³/mol. The molecule has 0 unspecified atom stereocenters. The number of carbonyl (C=O) groups excluding carboxylic acids is 1. The first-order valence-corrected chi connectivity index (χ1v) is 9.05. The van der Waals surface area contributed by atoms with Crippen LogP contribution in [0.15, 0.2) is 21.7 Å². The Labute approximate surface area is 153 Å². The molecular formula is C17H21BrN4O3. The van der Waals surface area contributed by atoms with Gasteiger partial charge >= 0.3 is 6.09 Å². The molecule has 3 rings (SSSR count). The standard InChI is InChI=1S/C17H21BrN4O3/c1-17(2,3)25-16(24)22-6-4-10(5-7-22)11-8-12-14(21-15(11)23)19-9-13(18)20-12/h8-10H,4-7H2,1-3H3,(H,19,21,23). The highest BCUT2D eigenvalue weighted by atomic mass is 79.9. The zero-order valence-corrected chi connectivity index (χ0v) is 16.1. The Morgan fingerprint density at radius 3 is 2.68 bits per heavy atom. The molecule has 1 amide bonds. The molecule has 134 valence electrons. The second-order valence-corrected chi connectivity index (χ2v) is 8.03. The largest absolute Gasteiger partial charge is 0.444 e. The molecule has 3 heterocycles. The van der Waals surface area contributed by atoms with Crippen LogP contribution in [0.5, 0.6) is 0 Å². The van der Waals surface area contributed by atoms with E-state index in [2.05, 4.69) is 30.9 Å². The summed E-state index contributed by atoms with van der Waals surface area (Å²) >= 11 is 3.30. The number of amides is 1. The van der Waals surface area contributed by atoms with E-state index >= 15 is 0 Å². The number of aromatic amines is 1. The van der Waals surface area contributed by atoms with Crippen LogP contribution in [-0.2, 0) is 4.74 Å². The Bertz CT molecular complexity index is 851. The third-order valence-electron chi connectivity index (χ3n) is 4.14. The van der Waals surface area contributed by atoms with Gasteiger partial charge in [0, 0.05) is 18.7 Å². The SMILES string of the molecule is CC(C)(C)OC(=O)N1CCC(c2cc3nc(Br)cnc3[nH]c2=O)CC1. The molecule has 1 saturated heterocycles. The lowest BCUT2D eigenvalue weighted by Crippen LogP contribution is -2.41. The van der Waals surface area contributed by atoms with Crippen molar-refractivity contribution in [3.63, 3.8) is 0 Å². The van der Waals surface area contributed by atoms with Gasteiger partial charge in [0.2, 0.25) is 0 Å². The van der Waals surface area contributed by atoms with Crippen LogP contribution >= 0.6 is 15.9 Å². The zero-order chi connectivity index (χ0) is 18.2. The van der Waals surface area contributed by atoms with Crippen LogP contribution in [0.2, 0.25) is 0 Å². The third-order valence-corrected chi connectivity index (χ3v) is 4.52. The smallest absolute Gasteiger partial charge is 0.410 e. The van der Waals surface area contributed by atoms with Crippen LogP contribution in [0, 0.1) is 0 Å². The fourth-order valence-electron chi connectivity index (χ4n) is 2.97. The van der Waals surface area contributed by atoms with Crippen molar-refractivity contribution in [2.24, 2.45) is 0 Å².